The molecule has 0 radical (unpaired) electrons. The lowest BCUT2D eigenvalue weighted by Crippen LogP contribution is -2.23. The molecule has 0 aliphatic heterocycles. The Morgan fingerprint density at radius 2 is 2.07 bits per heavy atom. The molecule has 0 aromatic heterocycles. The highest BCUT2D eigenvalue weighted by molar-refractivity contribution is 9.10. The van der Waals surface area contributed by atoms with Crippen molar-refractivity contribution in [3.8, 4) is 0 Å². The van der Waals surface area contributed by atoms with Crippen LogP contribution in [0.15, 0.2) is 28.7 Å². The van der Waals surface area contributed by atoms with E-state index in [-0.39, 0.29) is 12.0 Å². The van der Waals surface area contributed by atoms with E-state index in [1.807, 2.05) is 12.1 Å². The molecule has 76 valence electrons. The van der Waals surface area contributed by atoms with Crippen molar-refractivity contribution in [2.45, 2.75) is 11.8 Å². The van der Waals surface area contributed by atoms with Crippen LogP contribution >= 0.6 is 15.9 Å². The summed E-state index contributed by atoms with van der Waals surface area (Å²) in [6.45, 7) is 0.868. The Morgan fingerprint density at radius 3 is 2.50 bits per heavy atom. The van der Waals surface area contributed by atoms with E-state index in [9.17, 15) is 0 Å². The number of hydrogen-bond acceptors (Lipinski definition) is 2. The maximum atomic E-state index is 9.12. The first-order valence-corrected chi connectivity index (χ1v) is 5.59. The standard InChI is InChI=1S/C11H14BrNO/c12-10-3-1-8(2-4-10)11(7-13)5-9(11)6-14/h1-4,9,14H,5-7,13H2/t9-,11-/m0/s1. The zero-order valence-corrected chi connectivity index (χ0v) is 9.50. The second kappa shape index (κ2) is 3.65. The van der Waals surface area contributed by atoms with Crippen molar-refractivity contribution in [1.29, 1.82) is 0 Å². The molecule has 1 aliphatic carbocycles. The summed E-state index contributed by atoms with van der Waals surface area (Å²) in [6.07, 6.45) is 1.02. The summed E-state index contributed by atoms with van der Waals surface area (Å²) < 4.78 is 1.08. The summed E-state index contributed by atoms with van der Waals surface area (Å²) in [5.41, 5.74) is 7.09. The molecule has 0 saturated heterocycles. The minimum Gasteiger partial charge on any atom is -0.396 e. The van der Waals surface area contributed by atoms with Gasteiger partial charge in [0.25, 0.3) is 0 Å². The second-order valence-corrected chi connectivity index (χ2v) is 4.87. The summed E-state index contributed by atoms with van der Waals surface area (Å²) in [4.78, 5) is 0. The molecule has 0 bridgehead atoms. The molecule has 0 heterocycles. The van der Waals surface area contributed by atoms with Crippen LogP contribution in [0.1, 0.15) is 12.0 Å². The van der Waals surface area contributed by atoms with Gasteiger partial charge in [0, 0.05) is 23.0 Å². The van der Waals surface area contributed by atoms with Gasteiger partial charge in [-0.2, -0.15) is 0 Å². The zero-order valence-electron chi connectivity index (χ0n) is 7.91. The number of rotatable bonds is 3. The van der Waals surface area contributed by atoms with Gasteiger partial charge in [0.15, 0.2) is 0 Å². The lowest BCUT2D eigenvalue weighted by molar-refractivity contribution is 0.264. The molecule has 0 unspecified atom stereocenters. The fraction of sp³-hybridized carbons (Fsp3) is 0.455. The largest absolute Gasteiger partial charge is 0.396 e. The quantitative estimate of drug-likeness (QED) is 0.863. The second-order valence-electron chi connectivity index (χ2n) is 3.95. The normalized spacial score (nSPS) is 30.4. The van der Waals surface area contributed by atoms with Crippen LogP contribution in [0.2, 0.25) is 0 Å². The van der Waals surface area contributed by atoms with Crippen molar-refractivity contribution in [3.05, 3.63) is 34.3 Å². The van der Waals surface area contributed by atoms with E-state index in [4.69, 9.17) is 10.8 Å². The molecule has 1 fully saturated rings. The third kappa shape index (κ3) is 1.49. The fourth-order valence-corrected chi connectivity index (χ4v) is 2.39. The number of nitrogens with two attached hydrogens (primary N) is 1. The SMILES string of the molecule is NC[C@]1(c2ccc(Br)cc2)C[C@H]1CO. The average Bonchev–Trinajstić information content (AvgIpc) is 2.94. The van der Waals surface area contributed by atoms with Crippen LogP contribution in [-0.2, 0) is 5.41 Å². The third-order valence-corrected chi connectivity index (χ3v) is 3.76. The van der Waals surface area contributed by atoms with Gasteiger partial charge >= 0.3 is 0 Å². The average molecular weight is 256 g/mol. The summed E-state index contributed by atoms with van der Waals surface area (Å²) in [7, 11) is 0. The van der Waals surface area contributed by atoms with Gasteiger partial charge in [-0.1, -0.05) is 28.1 Å². The summed E-state index contributed by atoms with van der Waals surface area (Å²) in [6, 6.07) is 8.23. The smallest absolute Gasteiger partial charge is 0.0468 e. The lowest BCUT2D eigenvalue weighted by Gasteiger charge is -2.14. The van der Waals surface area contributed by atoms with Crippen molar-refractivity contribution in [3.63, 3.8) is 0 Å². The monoisotopic (exact) mass is 255 g/mol. The van der Waals surface area contributed by atoms with Crippen molar-refractivity contribution >= 4 is 15.9 Å². The van der Waals surface area contributed by atoms with E-state index in [1.165, 1.54) is 5.56 Å². The Kier molecular flexibility index (Phi) is 2.64. The highest BCUT2D eigenvalue weighted by atomic mass is 79.9. The summed E-state index contributed by atoms with van der Waals surface area (Å²) in [5.74, 6) is 0.355. The lowest BCUT2D eigenvalue weighted by atomic mass is 9.93. The number of aliphatic hydroxyl groups is 1. The van der Waals surface area contributed by atoms with Gasteiger partial charge in [0.05, 0.1) is 0 Å². The van der Waals surface area contributed by atoms with Gasteiger partial charge in [0.2, 0.25) is 0 Å². The Labute approximate surface area is 92.3 Å². The van der Waals surface area contributed by atoms with Crippen LogP contribution < -0.4 is 5.73 Å². The number of benzene rings is 1. The maximum absolute atomic E-state index is 9.12. The topological polar surface area (TPSA) is 46.2 Å². The van der Waals surface area contributed by atoms with Crippen LogP contribution in [-0.4, -0.2) is 18.3 Å². The molecular weight excluding hydrogens is 242 g/mol. The predicted molar refractivity (Wildman–Crippen MR) is 60.1 cm³/mol. The van der Waals surface area contributed by atoms with E-state index in [1.54, 1.807) is 0 Å². The van der Waals surface area contributed by atoms with Gasteiger partial charge in [-0.25, -0.2) is 0 Å². The molecule has 2 nitrogen and oxygen atoms in total. The van der Waals surface area contributed by atoms with Crippen LogP contribution in [0.5, 0.6) is 0 Å². The van der Waals surface area contributed by atoms with Gasteiger partial charge in [-0.05, 0) is 30.0 Å². The van der Waals surface area contributed by atoms with Gasteiger partial charge in [-0.15, -0.1) is 0 Å². The molecule has 1 saturated carbocycles. The van der Waals surface area contributed by atoms with Crippen LogP contribution in [0.25, 0.3) is 0 Å². The first-order chi connectivity index (χ1) is 6.73. The molecule has 1 aromatic rings. The van der Waals surface area contributed by atoms with E-state index in [2.05, 4.69) is 28.1 Å². The van der Waals surface area contributed by atoms with Crippen molar-refractivity contribution in [2.75, 3.05) is 13.2 Å². The van der Waals surface area contributed by atoms with Crippen LogP contribution in [0.3, 0.4) is 0 Å². The third-order valence-electron chi connectivity index (χ3n) is 3.24. The minimum absolute atomic E-state index is 0.0510. The number of aliphatic hydroxyl groups excluding tert-OH is 1. The predicted octanol–water partition coefficient (Wildman–Crippen LogP) is 1.66. The summed E-state index contributed by atoms with van der Waals surface area (Å²) in [5, 5.41) is 9.12. The molecule has 0 amide bonds. The van der Waals surface area contributed by atoms with E-state index < -0.39 is 0 Å². The fourth-order valence-electron chi connectivity index (χ4n) is 2.12. The van der Waals surface area contributed by atoms with Crippen molar-refractivity contribution in [2.24, 2.45) is 11.7 Å². The van der Waals surface area contributed by atoms with Crippen LogP contribution in [0.4, 0.5) is 0 Å². The molecule has 0 spiro atoms. The molecule has 2 atom stereocenters. The molecule has 1 aromatic carbocycles. The van der Waals surface area contributed by atoms with Crippen LogP contribution in [0, 0.1) is 5.92 Å². The molecule has 14 heavy (non-hydrogen) atoms. The first-order valence-electron chi connectivity index (χ1n) is 4.80. The van der Waals surface area contributed by atoms with Gasteiger partial charge < -0.3 is 10.8 Å². The summed E-state index contributed by atoms with van der Waals surface area (Å²) >= 11 is 3.41. The molecule has 3 N–H and O–H groups in total. The first kappa shape index (κ1) is 10.1. The minimum atomic E-state index is 0.0510. The zero-order chi connectivity index (χ0) is 10.2. The van der Waals surface area contributed by atoms with Crippen molar-refractivity contribution in [1.82, 2.24) is 0 Å². The Bertz CT molecular complexity index is 325. The maximum Gasteiger partial charge on any atom is 0.0468 e. The highest BCUT2D eigenvalue weighted by Gasteiger charge is 2.53. The van der Waals surface area contributed by atoms with Gasteiger partial charge in [0.1, 0.15) is 0 Å². The molecule has 3 heteroatoms. The van der Waals surface area contributed by atoms with Crippen molar-refractivity contribution < 1.29 is 5.11 Å². The Hall–Kier alpha value is -0.380. The van der Waals surface area contributed by atoms with Gasteiger partial charge in [-0.3, -0.25) is 0 Å². The Morgan fingerprint density at radius 1 is 1.43 bits per heavy atom. The number of hydrogen-bond donors (Lipinski definition) is 2. The Balaban J connectivity index is 2.26. The van der Waals surface area contributed by atoms with E-state index in [0.717, 1.165) is 10.9 Å². The van der Waals surface area contributed by atoms with E-state index in [0.29, 0.717) is 12.5 Å². The highest BCUT2D eigenvalue weighted by Crippen LogP contribution is 2.53. The molecule has 1 aliphatic rings. The van der Waals surface area contributed by atoms with E-state index >= 15 is 0 Å². The molecular formula is C11H14BrNO. The number of halogens is 1. The molecule has 2 rings (SSSR count).